The molecule has 0 spiro atoms. The topological polar surface area (TPSA) is 15.6 Å². The average Bonchev–Trinajstić information content (AvgIpc) is 1.98. The van der Waals surface area contributed by atoms with Crippen LogP contribution in [-0.2, 0) is 0 Å². The van der Waals surface area contributed by atoms with Gasteiger partial charge in [0.15, 0.2) is 0 Å². The van der Waals surface area contributed by atoms with E-state index in [1.807, 2.05) is 6.92 Å². The predicted octanol–water partition coefficient (Wildman–Crippen LogP) is 0.739. The minimum atomic E-state index is 0.620. The third-order valence-corrected chi connectivity index (χ3v) is 1.76. The van der Waals surface area contributed by atoms with Crippen molar-refractivity contribution in [2.75, 3.05) is 13.6 Å². The zero-order valence-corrected chi connectivity index (χ0v) is 5.68. The molecule has 2 nitrogen and oxygen atoms in total. The summed E-state index contributed by atoms with van der Waals surface area (Å²) in [6, 6.07) is 0.620. The van der Waals surface area contributed by atoms with Crippen LogP contribution in [0.25, 0.3) is 0 Å². The van der Waals surface area contributed by atoms with Crippen LogP contribution in [0, 0.1) is 0 Å². The maximum Gasteiger partial charge on any atom is 0.0958 e. The summed E-state index contributed by atoms with van der Waals surface area (Å²) in [7, 11) is 2.08. The Labute approximate surface area is 50.2 Å². The Hall–Kier alpha value is -0.530. The van der Waals surface area contributed by atoms with Gasteiger partial charge < -0.3 is 4.90 Å². The van der Waals surface area contributed by atoms with Gasteiger partial charge >= 0.3 is 0 Å². The normalized spacial score (nSPS) is 28.6. The lowest BCUT2D eigenvalue weighted by Crippen LogP contribution is -2.28. The SMILES string of the molecule is CC1=NCC(C)N1C. The van der Waals surface area contributed by atoms with Crippen molar-refractivity contribution in [1.82, 2.24) is 4.90 Å². The molecule has 1 aliphatic heterocycles. The van der Waals surface area contributed by atoms with Crippen molar-refractivity contribution in [1.29, 1.82) is 0 Å². The highest BCUT2D eigenvalue weighted by molar-refractivity contribution is 5.81. The first kappa shape index (κ1) is 5.60. The van der Waals surface area contributed by atoms with Gasteiger partial charge in [-0.1, -0.05) is 0 Å². The van der Waals surface area contributed by atoms with Crippen LogP contribution in [0.1, 0.15) is 13.8 Å². The Kier molecular flexibility index (Phi) is 1.24. The fourth-order valence-electron chi connectivity index (χ4n) is 0.817. The van der Waals surface area contributed by atoms with Gasteiger partial charge in [0.2, 0.25) is 0 Å². The second kappa shape index (κ2) is 1.77. The van der Waals surface area contributed by atoms with Crippen molar-refractivity contribution >= 4 is 5.84 Å². The molecular weight excluding hydrogens is 100 g/mol. The van der Waals surface area contributed by atoms with E-state index in [0.29, 0.717) is 6.04 Å². The van der Waals surface area contributed by atoms with E-state index in [0.717, 1.165) is 12.4 Å². The minimum absolute atomic E-state index is 0.620. The summed E-state index contributed by atoms with van der Waals surface area (Å²) in [5.41, 5.74) is 0. The van der Waals surface area contributed by atoms with Gasteiger partial charge in [0.1, 0.15) is 0 Å². The molecule has 0 N–H and O–H groups in total. The van der Waals surface area contributed by atoms with Crippen LogP contribution in [0.15, 0.2) is 4.99 Å². The zero-order valence-electron chi connectivity index (χ0n) is 5.68. The maximum atomic E-state index is 4.24. The molecule has 0 radical (unpaired) electrons. The molecule has 1 atom stereocenters. The number of rotatable bonds is 0. The molecule has 0 bridgehead atoms. The van der Waals surface area contributed by atoms with E-state index in [-0.39, 0.29) is 0 Å². The van der Waals surface area contributed by atoms with Crippen molar-refractivity contribution < 1.29 is 0 Å². The summed E-state index contributed by atoms with van der Waals surface area (Å²) in [5.74, 6) is 1.16. The van der Waals surface area contributed by atoms with Crippen LogP contribution in [0.2, 0.25) is 0 Å². The number of hydrogen-bond donors (Lipinski definition) is 0. The van der Waals surface area contributed by atoms with Crippen LogP contribution in [0.5, 0.6) is 0 Å². The molecule has 8 heavy (non-hydrogen) atoms. The van der Waals surface area contributed by atoms with E-state index in [4.69, 9.17) is 0 Å². The third kappa shape index (κ3) is 0.703. The molecular formula is C6H12N2. The number of nitrogens with zero attached hydrogens (tertiary/aromatic N) is 2. The molecule has 0 fully saturated rings. The fraction of sp³-hybridized carbons (Fsp3) is 0.833. The third-order valence-electron chi connectivity index (χ3n) is 1.76. The second-order valence-electron chi connectivity index (χ2n) is 2.35. The highest BCUT2D eigenvalue weighted by Gasteiger charge is 2.14. The lowest BCUT2D eigenvalue weighted by molar-refractivity contribution is 0.431. The molecule has 2 heteroatoms. The van der Waals surface area contributed by atoms with E-state index in [1.165, 1.54) is 0 Å². The Balaban J connectivity index is 2.59. The van der Waals surface area contributed by atoms with Gasteiger partial charge in [0.05, 0.1) is 12.4 Å². The second-order valence-corrected chi connectivity index (χ2v) is 2.35. The summed E-state index contributed by atoms with van der Waals surface area (Å²) in [6.07, 6.45) is 0. The quantitative estimate of drug-likeness (QED) is 0.451. The Bertz CT molecular complexity index is 118. The largest absolute Gasteiger partial charge is 0.359 e. The Morgan fingerprint density at radius 1 is 1.75 bits per heavy atom. The average molecular weight is 112 g/mol. The van der Waals surface area contributed by atoms with Crippen molar-refractivity contribution in [2.24, 2.45) is 4.99 Å². The van der Waals surface area contributed by atoms with Crippen molar-refractivity contribution in [2.45, 2.75) is 19.9 Å². The molecule has 0 aliphatic carbocycles. The number of amidine groups is 1. The molecule has 1 heterocycles. The highest BCUT2D eigenvalue weighted by atomic mass is 15.2. The smallest absolute Gasteiger partial charge is 0.0958 e. The number of aliphatic imine (C=N–C) groups is 1. The summed E-state index contributed by atoms with van der Waals surface area (Å²) in [6.45, 7) is 5.20. The van der Waals surface area contributed by atoms with Gasteiger partial charge in [-0.3, -0.25) is 4.99 Å². The Morgan fingerprint density at radius 3 is 2.50 bits per heavy atom. The van der Waals surface area contributed by atoms with Crippen molar-refractivity contribution in [3.05, 3.63) is 0 Å². The molecule has 0 aromatic rings. The first-order chi connectivity index (χ1) is 3.72. The van der Waals surface area contributed by atoms with Crippen LogP contribution in [0.4, 0.5) is 0 Å². The van der Waals surface area contributed by atoms with Gasteiger partial charge in [-0.25, -0.2) is 0 Å². The van der Waals surface area contributed by atoms with E-state index in [9.17, 15) is 0 Å². The van der Waals surface area contributed by atoms with Crippen molar-refractivity contribution in [3.63, 3.8) is 0 Å². The fourth-order valence-corrected chi connectivity index (χ4v) is 0.817. The molecule has 0 aromatic heterocycles. The zero-order chi connectivity index (χ0) is 6.15. The van der Waals surface area contributed by atoms with Gasteiger partial charge in [0.25, 0.3) is 0 Å². The van der Waals surface area contributed by atoms with Crippen LogP contribution < -0.4 is 0 Å². The summed E-state index contributed by atoms with van der Waals surface area (Å²) >= 11 is 0. The summed E-state index contributed by atoms with van der Waals surface area (Å²) in [5, 5.41) is 0. The minimum Gasteiger partial charge on any atom is -0.359 e. The maximum absolute atomic E-state index is 4.24. The number of likely N-dealkylation sites (N-methyl/N-ethyl adjacent to an activating group) is 1. The molecule has 1 unspecified atom stereocenters. The van der Waals surface area contributed by atoms with E-state index < -0.39 is 0 Å². The lowest BCUT2D eigenvalue weighted by atomic mass is 10.3. The monoisotopic (exact) mass is 112 g/mol. The first-order valence-electron chi connectivity index (χ1n) is 2.95. The van der Waals surface area contributed by atoms with Gasteiger partial charge in [-0.2, -0.15) is 0 Å². The highest BCUT2D eigenvalue weighted by Crippen LogP contribution is 2.04. The molecule has 0 saturated heterocycles. The molecule has 0 aromatic carbocycles. The van der Waals surface area contributed by atoms with Gasteiger partial charge in [0, 0.05) is 13.1 Å². The van der Waals surface area contributed by atoms with Crippen LogP contribution in [0.3, 0.4) is 0 Å². The first-order valence-corrected chi connectivity index (χ1v) is 2.95. The van der Waals surface area contributed by atoms with Crippen LogP contribution in [-0.4, -0.2) is 30.4 Å². The molecule has 0 saturated carbocycles. The molecule has 1 aliphatic rings. The number of hydrogen-bond acceptors (Lipinski definition) is 2. The van der Waals surface area contributed by atoms with E-state index in [2.05, 4.69) is 23.9 Å². The molecule has 1 rings (SSSR count). The van der Waals surface area contributed by atoms with Gasteiger partial charge in [-0.15, -0.1) is 0 Å². The van der Waals surface area contributed by atoms with E-state index in [1.54, 1.807) is 0 Å². The lowest BCUT2D eigenvalue weighted by Gasteiger charge is -2.16. The summed E-state index contributed by atoms with van der Waals surface area (Å²) < 4.78 is 0. The molecule has 46 valence electrons. The van der Waals surface area contributed by atoms with Crippen molar-refractivity contribution in [3.8, 4) is 0 Å². The van der Waals surface area contributed by atoms with Crippen LogP contribution >= 0.6 is 0 Å². The standard InChI is InChI=1S/C6H12N2/c1-5-4-7-6(2)8(5)3/h5H,4H2,1-3H3. The molecule has 0 amide bonds. The van der Waals surface area contributed by atoms with Gasteiger partial charge in [-0.05, 0) is 13.8 Å². The summed E-state index contributed by atoms with van der Waals surface area (Å²) in [4.78, 5) is 6.44. The predicted molar refractivity (Wildman–Crippen MR) is 35.2 cm³/mol. The Morgan fingerprint density at radius 2 is 2.38 bits per heavy atom. The van der Waals surface area contributed by atoms with E-state index >= 15 is 0 Å².